The maximum atomic E-state index is 11.4. The number of hydrogen-bond donors (Lipinski definition) is 0. The van der Waals surface area contributed by atoms with Gasteiger partial charge in [0.05, 0.1) is 17.3 Å². The van der Waals surface area contributed by atoms with Crippen LogP contribution < -0.4 is 9.47 Å². The van der Waals surface area contributed by atoms with Crippen molar-refractivity contribution in [2.45, 2.75) is 13.5 Å². The standard InChI is InChI=1S/C17H15NO3S/c1-11(19)12-7-8-14(15(9-12)20-2)21-10-17-18-13-5-3-4-6-16(13)22-17/h3-9H,10H2,1-2H3. The molecule has 0 radical (unpaired) electrons. The van der Waals surface area contributed by atoms with E-state index < -0.39 is 0 Å². The van der Waals surface area contributed by atoms with Gasteiger partial charge in [-0.25, -0.2) is 4.98 Å². The number of Topliss-reactive ketones (excluding diaryl/α,β-unsaturated/α-hetero) is 1. The predicted octanol–water partition coefficient (Wildman–Crippen LogP) is 4.09. The number of ether oxygens (including phenoxy) is 2. The molecular formula is C17H15NO3S. The van der Waals surface area contributed by atoms with Gasteiger partial charge in [0.15, 0.2) is 17.3 Å². The average Bonchev–Trinajstić information content (AvgIpc) is 2.95. The third-order valence-corrected chi connectivity index (χ3v) is 4.27. The van der Waals surface area contributed by atoms with E-state index in [0.29, 0.717) is 23.7 Å². The highest BCUT2D eigenvalue weighted by atomic mass is 32.1. The van der Waals surface area contributed by atoms with Gasteiger partial charge in [0, 0.05) is 5.56 Å². The molecule has 112 valence electrons. The second kappa shape index (κ2) is 6.15. The molecule has 3 aromatic rings. The van der Waals surface area contributed by atoms with Crippen molar-refractivity contribution in [3.05, 3.63) is 53.0 Å². The predicted molar refractivity (Wildman–Crippen MR) is 87.0 cm³/mol. The van der Waals surface area contributed by atoms with Gasteiger partial charge in [0.2, 0.25) is 0 Å². The number of fused-ring (bicyclic) bond motifs is 1. The fourth-order valence-corrected chi connectivity index (χ4v) is 3.01. The van der Waals surface area contributed by atoms with E-state index in [2.05, 4.69) is 4.98 Å². The lowest BCUT2D eigenvalue weighted by Gasteiger charge is -2.10. The van der Waals surface area contributed by atoms with Crippen LogP contribution in [0.2, 0.25) is 0 Å². The lowest BCUT2D eigenvalue weighted by atomic mass is 10.1. The number of hydrogen-bond acceptors (Lipinski definition) is 5. The lowest BCUT2D eigenvalue weighted by Crippen LogP contribution is -1.99. The zero-order valence-electron chi connectivity index (χ0n) is 12.3. The van der Waals surface area contributed by atoms with Gasteiger partial charge in [0.1, 0.15) is 11.6 Å². The first-order chi connectivity index (χ1) is 10.7. The van der Waals surface area contributed by atoms with Crippen molar-refractivity contribution in [3.8, 4) is 11.5 Å². The molecule has 0 atom stereocenters. The SMILES string of the molecule is COc1cc(C(C)=O)ccc1OCc1nc2ccccc2s1. The van der Waals surface area contributed by atoms with E-state index in [1.165, 1.54) is 6.92 Å². The number of ketones is 1. The first kappa shape index (κ1) is 14.5. The molecule has 0 bridgehead atoms. The molecule has 0 aliphatic carbocycles. The van der Waals surface area contributed by atoms with Crippen molar-refractivity contribution >= 4 is 27.3 Å². The Morgan fingerprint density at radius 1 is 1.18 bits per heavy atom. The lowest BCUT2D eigenvalue weighted by molar-refractivity contribution is 0.101. The van der Waals surface area contributed by atoms with Gasteiger partial charge in [-0.1, -0.05) is 12.1 Å². The van der Waals surface area contributed by atoms with Crippen LogP contribution in [-0.4, -0.2) is 17.9 Å². The van der Waals surface area contributed by atoms with Crippen LogP contribution in [0.4, 0.5) is 0 Å². The summed E-state index contributed by atoms with van der Waals surface area (Å²) in [6, 6.07) is 13.2. The summed E-state index contributed by atoms with van der Waals surface area (Å²) in [6.07, 6.45) is 0. The molecule has 0 spiro atoms. The smallest absolute Gasteiger partial charge is 0.161 e. The van der Waals surface area contributed by atoms with Gasteiger partial charge in [-0.15, -0.1) is 11.3 Å². The number of para-hydroxylation sites is 1. The molecule has 0 amide bonds. The van der Waals surface area contributed by atoms with Gasteiger partial charge in [-0.05, 0) is 37.3 Å². The second-order valence-corrected chi connectivity index (χ2v) is 5.90. The van der Waals surface area contributed by atoms with E-state index in [4.69, 9.17) is 9.47 Å². The summed E-state index contributed by atoms with van der Waals surface area (Å²) in [5.41, 5.74) is 1.58. The van der Waals surface area contributed by atoms with Gasteiger partial charge >= 0.3 is 0 Å². The fraction of sp³-hybridized carbons (Fsp3) is 0.176. The van der Waals surface area contributed by atoms with E-state index in [1.807, 2.05) is 24.3 Å². The first-order valence-corrected chi connectivity index (χ1v) is 7.65. The van der Waals surface area contributed by atoms with E-state index >= 15 is 0 Å². The number of aromatic nitrogens is 1. The number of carbonyl (C=O) groups is 1. The van der Waals surface area contributed by atoms with E-state index in [9.17, 15) is 4.79 Å². The van der Waals surface area contributed by atoms with Gasteiger partial charge in [0.25, 0.3) is 0 Å². The molecule has 0 N–H and O–H groups in total. The van der Waals surface area contributed by atoms with Crippen LogP contribution in [-0.2, 0) is 6.61 Å². The summed E-state index contributed by atoms with van der Waals surface area (Å²) in [5.74, 6) is 1.15. The Kier molecular flexibility index (Phi) is 4.06. The van der Waals surface area contributed by atoms with Crippen molar-refractivity contribution < 1.29 is 14.3 Å². The second-order valence-electron chi connectivity index (χ2n) is 4.79. The Balaban J connectivity index is 1.79. The Morgan fingerprint density at radius 2 is 2.00 bits per heavy atom. The molecule has 22 heavy (non-hydrogen) atoms. The summed E-state index contributed by atoms with van der Waals surface area (Å²) >= 11 is 1.61. The van der Waals surface area contributed by atoms with Crippen LogP contribution in [0.3, 0.4) is 0 Å². The summed E-state index contributed by atoms with van der Waals surface area (Å²) in [5, 5.41) is 0.902. The zero-order valence-corrected chi connectivity index (χ0v) is 13.1. The number of benzene rings is 2. The van der Waals surface area contributed by atoms with Crippen molar-refractivity contribution in [3.63, 3.8) is 0 Å². The Hall–Kier alpha value is -2.40. The van der Waals surface area contributed by atoms with Gasteiger partial charge < -0.3 is 9.47 Å². The fourth-order valence-electron chi connectivity index (χ4n) is 2.13. The third kappa shape index (κ3) is 2.94. The summed E-state index contributed by atoms with van der Waals surface area (Å²) in [7, 11) is 1.56. The van der Waals surface area contributed by atoms with Crippen LogP contribution >= 0.6 is 11.3 Å². The van der Waals surface area contributed by atoms with E-state index in [1.54, 1.807) is 36.6 Å². The normalized spacial score (nSPS) is 10.6. The minimum absolute atomic E-state index is 0.00368. The topological polar surface area (TPSA) is 48.4 Å². The zero-order chi connectivity index (χ0) is 15.5. The summed E-state index contributed by atoms with van der Waals surface area (Å²) in [4.78, 5) is 15.9. The number of rotatable bonds is 5. The quantitative estimate of drug-likeness (QED) is 0.666. The van der Waals surface area contributed by atoms with Gasteiger partial charge in [-0.2, -0.15) is 0 Å². The Bertz CT molecular complexity index is 793. The average molecular weight is 313 g/mol. The minimum Gasteiger partial charge on any atom is -0.493 e. The molecule has 1 heterocycles. The molecule has 0 saturated carbocycles. The molecule has 2 aromatic carbocycles. The Labute approximate surface area is 132 Å². The first-order valence-electron chi connectivity index (χ1n) is 6.83. The van der Waals surface area contributed by atoms with Crippen molar-refractivity contribution in [2.24, 2.45) is 0 Å². The van der Waals surface area contributed by atoms with E-state index in [-0.39, 0.29) is 5.78 Å². The number of carbonyl (C=O) groups excluding carboxylic acids is 1. The third-order valence-electron chi connectivity index (χ3n) is 3.26. The van der Waals surface area contributed by atoms with Crippen molar-refractivity contribution in [2.75, 3.05) is 7.11 Å². The van der Waals surface area contributed by atoms with E-state index in [0.717, 1.165) is 15.2 Å². The molecule has 3 rings (SSSR count). The molecule has 0 aliphatic rings. The van der Waals surface area contributed by atoms with Gasteiger partial charge in [-0.3, -0.25) is 4.79 Å². The maximum absolute atomic E-state index is 11.4. The number of nitrogens with zero attached hydrogens (tertiary/aromatic N) is 1. The maximum Gasteiger partial charge on any atom is 0.161 e. The molecule has 4 nitrogen and oxygen atoms in total. The molecule has 0 unspecified atom stereocenters. The Morgan fingerprint density at radius 3 is 2.73 bits per heavy atom. The molecule has 0 saturated heterocycles. The molecule has 0 fully saturated rings. The summed E-state index contributed by atoms with van der Waals surface area (Å²) in [6.45, 7) is 1.89. The van der Waals surface area contributed by atoms with Crippen LogP contribution in [0.5, 0.6) is 11.5 Å². The molecular weight excluding hydrogens is 298 g/mol. The largest absolute Gasteiger partial charge is 0.493 e. The van der Waals surface area contributed by atoms with Crippen LogP contribution in [0.1, 0.15) is 22.3 Å². The minimum atomic E-state index is -0.00368. The van der Waals surface area contributed by atoms with Crippen molar-refractivity contribution in [1.29, 1.82) is 0 Å². The molecule has 1 aromatic heterocycles. The van der Waals surface area contributed by atoms with Crippen molar-refractivity contribution in [1.82, 2.24) is 4.98 Å². The van der Waals surface area contributed by atoms with Crippen LogP contribution in [0.25, 0.3) is 10.2 Å². The molecule has 0 aliphatic heterocycles. The summed E-state index contributed by atoms with van der Waals surface area (Å²) < 4.78 is 12.2. The van der Waals surface area contributed by atoms with Crippen LogP contribution in [0, 0.1) is 0 Å². The highest BCUT2D eigenvalue weighted by Crippen LogP contribution is 2.30. The number of thiazole rings is 1. The highest BCUT2D eigenvalue weighted by molar-refractivity contribution is 7.18. The number of methoxy groups -OCH3 is 1. The molecule has 5 heteroatoms. The van der Waals surface area contributed by atoms with Crippen LogP contribution in [0.15, 0.2) is 42.5 Å². The highest BCUT2D eigenvalue weighted by Gasteiger charge is 2.10. The monoisotopic (exact) mass is 313 g/mol.